The van der Waals surface area contributed by atoms with Crippen molar-refractivity contribution in [3.05, 3.63) is 23.5 Å². The van der Waals surface area contributed by atoms with E-state index >= 15 is 0 Å². The molecule has 1 unspecified atom stereocenters. The first kappa shape index (κ1) is 24.5. The average Bonchev–Trinajstić information content (AvgIpc) is 3.22. The molecule has 0 spiro atoms. The van der Waals surface area contributed by atoms with Crippen LogP contribution in [0.3, 0.4) is 0 Å². The first-order chi connectivity index (χ1) is 16.5. The van der Waals surface area contributed by atoms with Gasteiger partial charge >= 0.3 is 5.97 Å². The van der Waals surface area contributed by atoms with Crippen LogP contribution in [0, 0.1) is 5.92 Å². The average molecular weight is 476 g/mol. The second-order valence-corrected chi connectivity index (χ2v) is 9.02. The van der Waals surface area contributed by atoms with E-state index in [4.69, 9.17) is 19.2 Å². The second kappa shape index (κ2) is 11.2. The van der Waals surface area contributed by atoms with Gasteiger partial charge in [0.25, 0.3) is 0 Å². The second-order valence-electron chi connectivity index (χ2n) is 9.02. The van der Waals surface area contributed by atoms with E-state index in [1.54, 1.807) is 4.68 Å². The van der Waals surface area contributed by atoms with Gasteiger partial charge in [-0.15, -0.1) is 5.10 Å². The maximum Gasteiger partial charge on any atom is 0.305 e. The van der Waals surface area contributed by atoms with Gasteiger partial charge in [-0.1, -0.05) is 12.1 Å². The van der Waals surface area contributed by atoms with Gasteiger partial charge in [0.2, 0.25) is 0 Å². The molecule has 2 saturated heterocycles. The summed E-state index contributed by atoms with van der Waals surface area (Å²) in [5.41, 5.74) is 3.95. The van der Waals surface area contributed by atoms with Crippen LogP contribution in [-0.2, 0) is 39.1 Å². The third kappa shape index (κ3) is 5.72. The SMILES string of the molecule is CCc1nc(-c2nnn(C)c2COC2CCCCO2)ccc1N1C[C@@H](F)C[C@H](CC(=O)OC)C1. The van der Waals surface area contributed by atoms with Crippen LogP contribution in [0.25, 0.3) is 11.4 Å². The summed E-state index contributed by atoms with van der Waals surface area (Å²) < 4.78 is 32.7. The van der Waals surface area contributed by atoms with Gasteiger partial charge in [0.1, 0.15) is 11.9 Å². The number of anilines is 1. The summed E-state index contributed by atoms with van der Waals surface area (Å²) in [7, 11) is 3.20. The number of alkyl halides is 1. The number of piperidine rings is 1. The molecule has 0 N–H and O–H groups in total. The quantitative estimate of drug-likeness (QED) is 0.538. The Labute approximate surface area is 199 Å². The fourth-order valence-corrected chi connectivity index (χ4v) is 4.73. The number of carbonyl (C=O) groups excluding carboxylic acids is 1. The van der Waals surface area contributed by atoms with E-state index < -0.39 is 6.17 Å². The Balaban J connectivity index is 1.53. The molecule has 2 fully saturated rings. The predicted molar refractivity (Wildman–Crippen MR) is 124 cm³/mol. The Morgan fingerprint density at radius 1 is 1.29 bits per heavy atom. The number of pyridine rings is 1. The molecule has 4 rings (SSSR count). The molecule has 0 saturated carbocycles. The van der Waals surface area contributed by atoms with E-state index in [1.165, 1.54) is 7.11 Å². The van der Waals surface area contributed by atoms with Crippen LogP contribution in [0.5, 0.6) is 0 Å². The van der Waals surface area contributed by atoms with Crippen molar-refractivity contribution in [2.45, 2.75) is 64.5 Å². The van der Waals surface area contributed by atoms with Gasteiger partial charge in [0.15, 0.2) is 6.29 Å². The fraction of sp³-hybridized carbons (Fsp3) is 0.667. The van der Waals surface area contributed by atoms with Crippen LogP contribution < -0.4 is 4.90 Å². The Morgan fingerprint density at radius 2 is 2.15 bits per heavy atom. The molecule has 9 nitrogen and oxygen atoms in total. The van der Waals surface area contributed by atoms with Crippen LogP contribution in [-0.4, -0.2) is 65.2 Å². The van der Waals surface area contributed by atoms with Gasteiger partial charge in [-0.2, -0.15) is 0 Å². The molecule has 2 aliphatic rings. The van der Waals surface area contributed by atoms with Crippen molar-refractivity contribution in [2.24, 2.45) is 13.0 Å². The smallest absolute Gasteiger partial charge is 0.305 e. The number of aryl methyl sites for hydroxylation is 2. The zero-order chi connectivity index (χ0) is 24.1. The summed E-state index contributed by atoms with van der Waals surface area (Å²) in [5.74, 6) is -0.398. The minimum atomic E-state index is -1.00. The number of aromatic nitrogens is 4. The van der Waals surface area contributed by atoms with Gasteiger partial charge in [0.05, 0.1) is 42.9 Å². The van der Waals surface area contributed by atoms with E-state index in [2.05, 4.69) is 10.3 Å². The van der Waals surface area contributed by atoms with Crippen LogP contribution in [0.4, 0.5) is 10.1 Å². The topological polar surface area (TPSA) is 91.6 Å². The molecule has 2 aromatic rings. The highest BCUT2D eigenvalue weighted by molar-refractivity contribution is 5.69. The van der Waals surface area contributed by atoms with Crippen LogP contribution in [0.2, 0.25) is 0 Å². The molecular weight excluding hydrogens is 441 g/mol. The summed E-state index contributed by atoms with van der Waals surface area (Å²) in [6, 6.07) is 3.87. The largest absolute Gasteiger partial charge is 0.469 e. The van der Waals surface area contributed by atoms with E-state index in [-0.39, 0.29) is 31.1 Å². The van der Waals surface area contributed by atoms with Crippen molar-refractivity contribution in [1.29, 1.82) is 0 Å². The third-order valence-electron chi connectivity index (χ3n) is 6.52. The minimum absolute atomic E-state index is 0.0914. The zero-order valence-electron chi connectivity index (χ0n) is 20.2. The number of nitrogens with zero attached hydrogens (tertiary/aromatic N) is 5. The fourth-order valence-electron chi connectivity index (χ4n) is 4.73. The number of esters is 1. The highest BCUT2D eigenvalue weighted by Gasteiger charge is 2.30. The lowest BCUT2D eigenvalue weighted by Gasteiger charge is -2.36. The number of methoxy groups -OCH3 is 1. The molecule has 4 heterocycles. The summed E-state index contributed by atoms with van der Waals surface area (Å²) in [6.45, 7) is 3.96. The number of hydrogen-bond acceptors (Lipinski definition) is 8. The number of halogens is 1. The van der Waals surface area contributed by atoms with Crippen molar-refractivity contribution in [2.75, 3.05) is 31.7 Å². The lowest BCUT2D eigenvalue weighted by Crippen LogP contribution is -2.42. The third-order valence-corrected chi connectivity index (χ3v) is 6.52. The molecular formula is C24H34FN5O4. The van der Waals surface area contributed by atoms with Crippen molar-refractivity contribution in [1.82, 2.24) is 20.0 Å². The molecule has 0 radical (unpaired) electrons. The molecule has 0 aliphatic carbocycles. The summed E-state index contributed by atoms with van der Waals surface area (Å²) in [5, 5.41) is 8.52. The highest BCUT2D eigenvalue weighted by atomic mass is 19.1. The molecule has 3 atom stereocenters. The predicted octanol–water partition coefficient (Wildman–Crippen LogP) is 3.21. The molecule has 10 heteroatoms. The van der Waals surface area contributed by atoms with Gasteiger partial charge in [0, 0.05) is 26.7 Å². The van der Waals surface area contributed by atoms with Crippen LogP contribution in [0.1, 0.15) is 50.4 Å². The Bertz CT molecular complexity index is 978. The minimum Gasteiger partial charge on any atom is -0.469 e. The van der Waals surface area contributed by atoms with E-state index in [1.807, 2.05) is 31.0 Å². The van der Waals surface area contributed by atoms with Crippen molar-refractivity contribution >= 4 is 11.7 Å². The standard InChI is InChI=1S/C24H34FN5O4/c1-4-18-20(30-13-16(11-17(25)14-30)12-22(31)32-3)9-8-19(26-18)24-21(29(2)28-27-24)15-34-23-7-5-6-10-33-23/h8-9,16-17,23H,4-7,10-15H2,1-3H3/t16-,17+,23?/m1/s1. The van der Waals surface area contributed by atoms with Crippen LogP contribution in [0.15, 0.2) is 12.1 Å². The van der Waals surface area contributed by atoms with E-state index in [0.29, 0.717) is 37.4 Å². The Kier molecular flexibility index (Phi) is 8.10. The van der Waals surface area contributed by atoms with Crippen molar-refractivity contribution in [3.8, 4) is 11.4 Å². The molecule has 34 heavy (non-hydrogen) atoms. The van der Waals surface area contributed by atoms with Crippen molar-refractivity contribution in [3.63, 3.8) is 0 Å². The first-order valence-corrected chi connectivity index (χ1v) is 12.1. The summed E-state index contributed by atoms with van der Waals surface area (Å²) in [4.78, 5) is 18.6. The van der Waals surface area contributed by atoms with Gasteiger partial charge in [-0.05, 0) is 50.2 Å². The van der Waals surface area contributed by atoms with Gasteiger partial charge in [-0.3, -0.25) is 4.79 Å². The van der Waals surface area contributed by atoms with Gasteiger partial charge < -0.3 is 19.1 Å². The monoisotopic (exact) mass is 475 g/mol. The number of carbonyl (C=O) groups is 1. The molecule has 2 aliphatic heterocycles. The highest BCUT2D eigenvalue weighted by Crippen LogP contribution is 2.31. The lowest BCUT2D eigenvalue weighted by molar-refractivity contribution is -0.169. The molecule has 0 bridgehead atoms. The molecule has 0 aromatic carbocycles. The molecule has 0 amide bonds. The Hall–Kier alpha value is -2.59. The van der Waals surface area contributed by atoms with Gasteiger partial charge in [-0.25, -0.2) is 14.1 Å². The van der Waals surface area contributed by atoms with E-state index in [0.717, 1.165) is 42.9 Å². The summed E-state index contributed by atoms with van der Waals surface area (Å²) in [6.07, 6.45) is 3.11. The zero-order valence-corrected chi connectivity index (χ0v) is 20.2. The first-order valence-electron chi connectivity index (χ1n) is 12.1. The Morgan fingerprint density at radius 3 is 2.88 bits per heavy atom. The molecule has 186 valence electrons. The maximum absolute atomic E-state index is 14.5. The number of hydrogen-bond donors (Lipinski definition) is 0. The molecule has 2 aromatic heterocycles. The number of ether oxygens (including phenoxy) is 3. The summed E-state index contributed by atoms with van der Waals surface area (Å²) >= 11 is 0. The van der Waals surface area contributed by atoms with E-state index in [9.17, 15) is 9.18 Å². The number of rotatable bonds is 8. The lowest BCUT2D eigenvalue weighted by atomic mass is 9.93. The normalized spacial score (nSPS) is 23.2. The van der Waals surface area contributed by atoms with Crippen molar-refractivity contribution < 1.29 is 23.4 Å². The maximum atomic E-state index is 14.5. The van der Waals surface area contributed by atoms with Crippen LogP contribution >= 0.6 is 0 Å².